The maximum absolute atomic E-state index is 12.0. The molecule has 16 heavy (non-hydrogen) atoms. The Morgan fingerprint density at radius 2 is 2.25 bits per heavy atom. The summed E-state index contributed by atoms with van der Waals surface area (Å²) in [7, 11) is 0. The van der Waals surface area contributed by atoms with Crippen molar-refractivity contribution in [2.24, 2.45) is 0 Å². The molecule has 0 spiro atoms. The Bertz CT molecular complexity index is 222. The molecule has 0 aliphatic carbocycles. The molecule has 1 amide bonds. The zero-order valence-corrected chi connectivity index (χ0v) is 10.9. The number of hydrogen-bond donors (Lipinski definition) is 2. The van der Waals surface area contributed by atoms with Crippen molar-refractivity contribution in [2.45, 2.75) is 70.9 Å². The van der Waals surface area contributed by atoms with Crippen LogP contribution in [0.1, 0.15) is 59.3 Å². The van der Waals surface area contributed by atoms with Crippen LogP contribution in [0, 0.1) is 0 Å². The van der Waals surface area contributed by atoms with Crippen molar-refractivity contribution in [2.75, 3.05) is 6.54 Å². The average Bonchev–Trinajstić information content (AvgIpc) is 2.67. The van der Waals surface area contributed by atoms with Gasteiger partial charge >= 0.3 is 0 Å². The first kappa shape index (κ1) is 13.5. The van der Waals surface area contributed by atoms with Crippen LogP contribution in [0.25, 0.3) is 0 Å². The second-order valence-corrected chi connectivity index (χ2v) is 5.23. The first-order valence-electron chi connectivity index (χ1n) is 6.64. The molecule has 0 saturated carbocycles. The fraction of sp³-hybridized carbons (Fsp3) is 0.923. The Kier molecular flexibility index (Phi) is 5.26. The molecule has 3 heteroatoms. The first-order valence-corrected chi connectivity index (χ1v) is 6.64. The van der Waals surface area contributed by atoms with Gasteiger partial charge in [0.25, 0.3) is 0 Å². The number of unbranched alkanes of at least 4 members (excludes halogenated alkanes) is 2. The summed E-state index contributed by atoms with van der Waals surface area (Å²) in [6, 6.07) is 0.304. The lowest BCUT2D eigenvalue weighted by molar-refractivity contribution is -0.127. The number of carbonyl (C=O) groups excluding carboxylic acids is 1. The van der Waals surface area contributed by atoms with Crippen molar-refractivity contribution in [3.8, 4) is 0 Å². The summed E-state index contributed by atoms with van der Waals surface area (Å²) in [5.41, 5.74) is -0.320. The molecule has 0 aromatic carbocycles. The van der Waals surface area contributed by atoms with E-state index < -0.39 is 0 Å². The quantitative estimate of drug-likeness (QED) is 0.682. The van der Waals surface area contributed by atoms with Gasteiger partial charge in [-0.25, -0.2) is 0 Å². The summed E-state index contributed by atoms with van der Waals surface area (Å²) >= 11 is 0. The SMILES string of the molecule is CCCCCC(C)NC(=O)C1(C)CCCN1. The van der Waals surface area contributed by atoms with Crippen LogP contribution in [0.2, 0.25) is 0 Å². The highest BCUT2D eigenvalue weighted by Crippen LogP contribution is 2.18. The van der Waals surface area contributed by atoms with E-state index in [-0.39, 0.29) is 11.4 Å². The van der Waals surface area contributed by atoms with Crippen molar-refractivity contribution >= 4 is 5.91 Å². The molecule has 3 nitrogen and oxygen atoms in total. The molecule has 0 aromatic heterocycles. The van der Waals surface area contributed by atoms with Crippen LogP contribution in [0.3, 0.4) is 0 Å². The molecule has 0 radical (unpaired) electrons. The second kappa shape index (κ2) is 6.24. The molecule has 1 saturated heterocycles. The minimum Gasteiger partial charge on any atom is -0.352 e. The van der Waals surface area contributed by atoms with Crippen LogP contribution in [-0.2, 0) is 4.79 Å². The lowest BCUT2D eigenvalue weighted by Crippen LogP contribution is -2.53. The van der Waals surface area contributed by atoms with E-state index in [1.54, 1.807) is 0 Å². The van der Waals surface area contributed by atoms with E-state index in [0.29, 0.717) is 6.04 Å². The van der Waals surface area contributed by atoms with Gasteiger partial charge in [-0.2, -0.15) is 0 Å². The molecule has 1 fully saturated rings. The molecule has 2 atom stereocenters. The molecule has 94 valence electrons. The molecule has 2 unspecified atom stereocenters. The monoisotopic (exact) mass is 226 g/mol. The first-order chi connectivity index (χ1) is 7.58. The van der Waals surface area contributed by atoms with Crippen molar-refractivity contribution in [3.05, 3.63) is 0 Å². The molecule has 2 N–H and O–H groups in total. The molecule has 1 aliphatic heterocycles. The average molecular weight is 226 g/mol. The third-order valence-corrected chi connectivity index (χ3v) is 3.49. The van der Waals surface area contributed by atoms with Crippen molar-refractivity contribution < 1.29 is 4.79 Å². The fourth-order valence-corrected chi connectivity index (χ4v) is 2.24. The van der Waals surface area contributed by atoms with E-state index in [2.05, 4.69) is 24.5 Å². The van der Waals surface area contributed by atoms with Gasteiger partial charge in [-0.15, -0.1) is 0 Å². The number of hydrogen-bond acceptors (Lipinski definition) is 2. The van der Waals surface area contributed by atoms with E-state index in [1.165, 1.54) is 19.3 Å². The van der Waals surface area contributed by atoms with Crippen LogP contribution in [-0.4, -0.2) is 24.0 Å². The molecule has 0 bridgehead atoms. The Morgan fingerprint density at radius 3 is 2.81 bits per heavy atom. The smallest absolute Gasteiger partial charge is 0.240 e. The lowest BCUT2D eigenvalue weighted by atomic mass is 9.98. The van der Waals surface area contributed by atoms with Gasteiger partial charge in [0.1, 0.15) is 0 Å². The molecular formula is C13H26N2O. The Morgan fingerprint density at radius 1 is 1.50 bits per heavy atom. The van der Waals surface area contributed by atoms with Gasteiger partial charge in [-0.3, -0.25) is 4.79 Å². The molecule has 0 aromatic rings. The van der Waals surface area contributed by atoms with E-state index in [9.17, 15) is 4.79 Å². The van der Waals surface area contributed by atoms with Gasteiger partial charge in [-0.05, 0) is 39.7 Å². The Balaban J connectivity index is 2.27. The van der Waals surface area contributed by atoms with Gasteiger partial charge in [0, 0.05) is 6.04 Å². The normalized spacial score (nSPS) is 26.7. The van der Waals surface area contributed by atoms with E-state index in [0.717, 1.165) is 25.8 Å². The minimum atomic E-state index is -0.320. The summed E-state index contributed by atoms with van der Waals surface area (Å²) < 4.78 is 0. The topological polar surface area (TPSA) is 41.1 Å². The predicted molar refractivity (Wildman–Crippen MR) is 67.4 cm³/mol. The van der Waals surface area contributed by atoms with Crippen LogP contribution >= 0.6 is 0 Å². The van der Waals surface area contributed by atoms with E-state index >= 15 is 0 Å². The summed E-state index contributed by atoms with van der Waals surface area (Å²) in [4.78, 5) is 12.0. The van der Waals surface area contributed by atoms with Crippen LogP contribution < -0.4 is 10.6 Å². The second-order valence-electron chi connectivity index (χ2n) is 5.23. The fourth-order valence-electron chi connectivity index (χ4n) is 2.24. The maximum Gasteiger partial charge on any atom is 0.240 e. The van der Waals surface area contributed by atoms with Crippen LogP contribution in [0.5, 0.6) is 0 Å². The van der Waals surface area contributed by atoms with Gasteiger partial charge in [0.15, 0.2) is 0 Å². The zero-order valence-electron chi connectivity index (χ0n) is 10.9. The largest absolute Gasteiger partial charge is 0.352 e. The predicted octanol–water partition coefficient (Wildman–Crippen LogP) is 2.21. The highest BCUT2D eigenvalue weighted by atomic mass is 16.2. The lowest BCUT2D eigenvalue weighted by Gasteiger charge is -2.25. The minimum absolute atomic E-state index is 0.175. The standard InChI is InChI=1S/C13H26N2O/c1-4-5-6-8-11(2)15-12(16)13(3)9-7-10-14-13/h11,14H,4-10H2,1-3H3,(H,15,16). The van der Waals surface area contributed by atoms with Crippen molar-refractivity contribution in [1.82, 2.24) is 10.6 Å². The zero-order chi connectivity index (χ0) is 12.0. The van der Waals surface area contributed by atoms with Crippen LogP contribution in [0.4, 0.5) is 0 Å². The third-order valence-electron chi connectivity index (χ3n) is 3.49. The molecule has 1 aliphatic rings. The number of nitrogens with one attached hydrogen (secondary N) is 2. The van der Waals surface area contributed by atoms with Crippen molar-refractivity contribution in [1.29, 1.82) is 0 Å². The maximum atomic E-state index is 12.0. The highest BCUT2D eigenvalue weighted by Gasteiger charge is 2.36. The van der Waals surface area contributed by atoms with Gasteiger partial charge in [-0.1, -0.05) is 26.2 Å². The summed E-state index contributed by atoms with van der Waals surface area (Å²) in [6.07, 6.45) is 6.86. The van der Waals surface area contributed by atoms with E-state index in [1.807, 2.05) is 6.92 Å². The third kappa shape index (κ3) is 3.78. The molecular weight excluding hydrogens is 200 g/mol. The summed E-state index contributed by atoms with van der Waals surface area (Å²) in [5.74, 6) is 0.175. The number of amides is 1. The van der Waals surface area contributed by atoms with Gasteiger partial charge < -0.3 is 10.6 Å². The summed E-state index contributed by atoms with van der Waals surface area (Å²) in [6.45, 7) is 7.28. The van der Waals surface area contributed by atoms with Crippen LogP contribution in [0.15, 0.2) is 0 Å². The van der Waals surface area contributed by atoms with Gasteiger partial charge in [0.2, 0.25) is 5.91 Å². The number of carbonyl (C=O) groups is 1. The Labute approximate surface area is 99.4 Å². The summed E-state index contributed by atoms with van der Waals surface area (Å²) in [5, 5.41) is 6.41. The van der Waals surface area contributed by atoms with E-state index in [4.69, 9.17) is 0 Å². The molecule has 1 rings (SSSR count). The molecule has 1 heterocycles. The van der Waals surface area contributed by atoms with Gasteiger partial charge in [0.05, 0.1) is 5.54 Å². The van der Waals surface area contributed by atoms with Crippen molar-refractivity contribution in [3.63, 3.8) is 0 Å². The number of rotatable bonds is 6. The Hall–Kier alpha value is -0.570. The highest BCUT2D eigenvalue weighted by molar-refractivity contribution is 5.86.